The summed E-state index contributed by atoms with van der Waals surface area (Å²) >= 11 is 0. The average Bonchev–Trinajstić information content (AvgIpc) is 2.30. The Morgan fingerprint density at radius 3 is 2.53 bits per heavy atom. The molecular weight excluding hydrogens is 196 g/mol. The Bertz CT molecular complexity index is 204. The van der Waals surface area contributed by atoms with Gasteiger partial charge in [0.2, 0.25) is 0 Å². The maximum Gasteiger partial charge on any atom is 0.0876 e. The number of hydrogen-bond acceptors (Lipinski definition) is 4. The van der Waals surface area contributed by atoms with E-state index in [1.807, 2.05) is 0 Å². The fourth-order valence-electron chi connectivity index (χ4n) is 2.09. The van der Waals surface area contributed by atoms with Gasteiger partial charge in [0.25, 0.3) is 0 Å². The van der Waals surface area contributed by atoms with Gasteiger partial charge in [-0.15, -0.1) is 5.01 Å². The fourth-order valence-corrected chi connectivity index (χ4v) is 2.09. The van der Waals surface area contributed by atoms with Crippen LogP contribution in [-0.2, 0) is 0 Å². The number of hydrogen-bond donors (Lipinski definition) is 1. The van der Waals surface area contributed by atoms with E-state index in [1.54, 1.807) is 0 Å². The van der Waals surface area contributed by atoms with Gasteiger partial charge in [0.05, 0.1) is 12.6 Å². The Labute approximate surface area is 89.9 Å². The zero-order valence-corrected chi connectivity index (χ0v) is 8.97. The molecule has 0 atom stereocenters. The molecule has 0 aromatic heterocycles. The highest BCUT2D eigenvalue weighted by Crippen LogP contribution is 2.22. The van der Waals surface area contributed by atoms with E-state index < -0.39 is 0 Å². The van der Waals surface area contributed by atoms with Gasteiger partial charge in [0.15, 0.2) is 0 Å². The van der Waals surface area contributed by atoms with Crippen molar-refractivity contribution in [2.75, 3.05) is 13.1 Å². The second-order valence-electron chi connectivity index (χ2n) is 3.93. The van der Waals surface area contributed by atoms with E-state index in [0.29, 0.717) is 19.5 Å². The Hall–Kier alpha value is -1.04. The van der Waals surface area contributed by atoms with Crippen molar-refractivity contribution in [2.24, 2.45) is 11.0 Å². The normalized spacial score (nSPS) is 19.1. The molecule has 0 aromatic rings. The minimum Gasteiger partial charge on any atom is -0.737 e. The Morgan fingerprint density at radius 2 is 2.00 bits per heavy atom. The van der Waals surface area contributed by atoms with Crippen molar-refractivity contribution < 1.29 is 4.97 Å². The van der Waals surface area contributed by atoms with Gasteiger partial charge in [0.1, 0.15) is 0 Å². The van der Waals surface area contributed by atoms with Crippen LogP contribution in [0.4, 0.5) is 0 Å². The lowest BCUT2D eigenvalue weighted by atomic mass is 9.95. The highest BCUT2D eigenvalue weighted by atomic mass is 16.6. The largest absolute Gasteiger partial charge is 0.737 e. The molecule has 6 heteroatoms. The molecule has 0 bridgehead atoms. The Morgan fingerprint density at radius 1 is 1.33 bits per heavy atom. The zero-order valence-electron chi connectivity index (χ0n) is 8.97. The predicted molar refractivity (Wildman–Crippen MR) is 56.7 cm³/mol. The third-order valence-electron chi connectivity index (χ3n) is 2.88. The zero-order chi connectivity index (χ0) is 11.1. The van der Waals surface area contributed by atoms with Gasteiger partial charge in [-0.2, -0.15) is 0 Å². The summed E-state index contributed by atoms with van der Waals surface area (Å²) in [5.41, 5.74) is 5.39. The van der Waals surface area contributed by atoms with Crippen molar-refractivity contribution in [3.63, 3.8) is 0 Å². The molecule has 0 aromatic carbocycles. The van der Waals surface area contributed by atoms with Crippen molar-refractivity contribution in [1.29, 1.82) is 0 Å². The first-order valence-corrected chi connectivity index (χ1v) is 5.56. The van der Waals surface area contributed by atoms with Crippen LogP contribution in [0.3, 0.4) is 0 Å². The first kappa shape index (κ1) is 12.0. The summed E-state index contributed by atoms with van der Waals surface area (Å²) < 4.78 is 0. The van der Waals surface area contributed by atoms with E-state index in [0.717, 1.165) is 25.7 Å². The molecule has 1 aliphatic rings. The summed E-state index contributed by atoms with van der Waals surface area (Å²) in [6.07, 6.45) is 6.12. The summed E-state index contributed by atoms with van der Waals surface area (Å²) in [7, 11) is 0. The molecule has 1 saturated carbocycles. The van der Waals surface area contributed by atoms with Gasteiger partial charge in [-0.1, -0.05) is 19.3 Å². The summed E-state index contributed by atoms with van der Waals surface area (Å²) in [4.78, 5) is 0.186. The van der Waals surface area contributed by atoms with Crippen molar-refractivity contribution in [2.45, 2.75) is 44.6 Å². The van der Waals surface area contributed by atoms with Crippen molar-refractivity contribution in [3.8, 4) is 0 Å². The van der Waals surface area contributed by atoms with E-state index in [9.17, 15) is 10.4 Å². The van der Waals surface area contributed by atoms with E-state index >= 15 is 0 Å². The van der Waals surface area contributed by atoms with Crippen molar-refractivity contribution in [3.05, 3.63) is 10.4 Å². The smallest absolute Gasteiger partial charge is 0.0876 e. The molecule has 0 aliphatic heterocycles. The molecule has 2 N–H and O–H groups in total. The van der Waals surface area contributed by atoms with Gasteiger partial charge in [-0.05, 0) is 31.1 Å². The van der Waals surface area contributed by atoms with E-state index in [2.05, 4.69) is 5.28 Å². The lowest BCUT2D eigenvalue weighted by Gasteiger charge is -2.30. The maximum atomic E-state index is 11.2. The lowest BCUT2D eigenvalue weighted by Crippen LogP contribution is -2.42. The third kappa shape index (κ3) is 3.54. The standard InChI is InChI=1S/C9H20N4O2/c10-7-4-8-12(13(15)11-14)9-5-2-1-3-6-9/h9,14H,1-8,10H2/p-1/b13-11+. The van der Waals surface area contributed by atoms with Crippen LogP contribution in [0.2, 0.25) is 0 Å². The molecule has 15 heavy (non-hydrogen) atoms. The van der Waals surface area contributed by atoms with E-state index in [4.69, 9.17) is 5.73 Å². The molecular formula is C9H19N4O2-. The average molecular weight is 215 g/mol. The second kappa shape index (κ2) is 6.44. The summed E-state index contributed by atoms with van der Waals surface area (Å²) in [5.74, 6) is 0. The van der Waals surface area contributed by atoms with E-state index in [-0.39, 0.29) is 11.0 Å². The number of rotatable bonds is 5. The molecule has 0 heterocycles. The third-order valence-corrected chi connectivity index (χ3v) is 2.88. The lowest BCUT2D eigenvalue weighted by molar-refractivity contribution is -0.699. The second-order valence-corrected chi connectivity index (χ2v) is 3.93. The molecule has 0 amide bonds. The van der Waals surface area contributed by atoms with Gasteiger partial charge in [0, 0.05) is 4.97 Å². The molecule has 1 rings (SSSR count). The molecule has 88 valence electrons. The van der Waals surface area contributed by atoms with Gasteiger partial charge in [-0.3, -0.25) is 0 Å². The SMILES string of the molecule is NCCCN(C1CCCCC1)/[N+]([O-])=N\[O-]. The van der Waals surface area contributed by atoms with Crippen LogP contribution in [0.1, 0.15) is 38.5 Å². The highest BCUT2D eigenvalue weighted by molar-refractivity contribution is 4.71. The van der Waals surface area contributed by atoms with Crippen LogP contribution < -0.4 is 5.73 Å². The molecule has 0 unspecified atom stereocenters. The minimum atomic E-state index is 0.167. The monoisotopic (exact) mass is 215 g/mol. The van der Waals surface area contributed by atoms with E-state index in [1.165, 1.54) is 11.4 Å². The topological polar surface area (TPSA) is 90.8 Å². The first-order chi connectivity index (χ1) is 7.29. The number of nitrogens with zero attached hydrogens (tertiary/aromatic N) is 3. The summed E-state index contributed by atoms with van der Waals surface area (Å²) in [6, 6.07) is 0.167. The molecule has 1 fully saturated rings. The van der Waals surface area contributed by atoms with Crippen LogP contribution in [0.25, 0.3) is 0 Å². The van der Waals surface area contributed by atoms with Gasteiger partial charge >= 0.3 is 0 Å². The van der Waals surface area contributed by atoms with Crippen molar-refractivity contribution in [1.82, 2.24) is 5.01 Å². The molecule has 6 nitrogen and oxygen atoms in total. The highest BCUT2D eigenvalue weighted by Gasteiger charge is 2.25. The van der Waals surface area contributed by atoms with Crippen molar-refractivity contribution >= 4 is 0 Å². The maximum absolute atomic E-state index is 11.2. The predicted octanol–water partition coefficient (Wildman–Crippen LogP) is 1.35. The van der Waals surface area contributed by atoms with Crippen LogP contribution in [0.15, 0.2) is 5.28 Å². The van der Waals surface area contributed by atoms with Crippen LogP contribution in [0, 0.1) is 10.4 Å². The number of nitrogens with two attached hydrogens (primary N) is 1. The van der Waals surface area contributed by atoms with Crippen LogP contribution in [0.5, 0.6) is 0 Å². The molecule has 0 radical (unpaired) electrons. The first-order valence-electron chi connectivity index (χ1n) is 5.56. The minimum absolute atomic E-state index is 0.167. The van der Waals surface area contributed by atoms with Crippen LogP contribution >= 0.6 is 0 Å². The fraction of sp³-hybridized carbons (Fsp3) is 1.00. The molecule has 0 saturated heterocycles. The molecule has 1 aliphatic carbocycles. The van der Waals surface area contributed by atoms with Gasteiger partial charge in [-0.25, -0.2) is 0 Å². The summed E-state index contributed by atoms with van der Waals surface area (Å²) in [6.45, 7) is 1.05. The van der Waals surface area contributed by atoms with Gasteiger partial charge < -0.3 is 16.1 Å². The Kier molecular flexibility index (Phi) is 5.17. The van der Waals surface area contributed by atoms with Crippen LogP contribution in [-0.4, -0.2) is 29.1 Å². The summed E-state index contributed by atoms with van der Waals surface area (Å²) in [5, 5.41) is 25.4. The Balaban J connectivity index is 2.53. The quantitative estimate of drug-likeness (QED) is 0.425. The molecule has 0 spiro atoms. The number of hydrazine groups is 1.